The minimum atomic E-state index is -1.58. The van der Waals surface area contributed by atoms with Crippen molar-refractivity contribution in [2.24, 2.45) is 5.73 Å². The van der Waals surface area contributed by atoms with Gasteiger partial charge in [-0.05, 0) is 13.3 Å². The van der Waals surface area contributed by atoms with E-state index in [9.17, 15) is 10.2 Å². The fraction of sp³-hybridized carbons (Fsp3) is 0.400. The Morgan fingerprint density at radius 2 is 2.27 bits per heavy atom. The van der Waals surface area contributed by atoms with Crippen molar-refractivity contribution in [2.75, 3.05) is 0 Å². The standard InChI is InChI=1S/C10H16N2O2S/c1-4-8(11)9(10(13)14)12-5-6(2)15-7(12)3/h5,10,13-14H,3-4,11H2,1-2H3/b9-8-. The quantitative estimate of drug-likeness (QED) is 0.634. The van der Waals surface area contributed by atoms with Gasteiger partial charge in [-0.15, -0.1) is 0 Å². The summed E-state index contributed by atoms with van der Waals surface area (Å²) in [6, 6.07) is 0. The van der Waals surface area contributed by atoms with Gasteiger partial charge >= 0.3 is 0 Å². The molecule has 1 rings (SSSR count). The molecular formula is C10H16N2O2S. The zero-order chi connectivity index (χ0) is 11.6. The first-order chi connectivity index (χ1) is 6.97. The Kier molecular flexibility index (Phi) is 3.84. The van der Waals surface area contributed by atoms with E-state index in [1.54, 1.807) is 11.1 Å². The van der Waals surface area contributed by atoms with Gasteiger partial charge in [-0.2, -0.15) is 0 Å². The summed E-state index contributed by atoms with van der Waals surface area (Å²) in [6.07, 6.45) is 0.780. The van der Waals surface area contributed by atoms with Crippen molar-refractivity contribution in [1.29, 1.82) is 0 Å². The zero-order valence-corrected chi connectivity index (χ0v) is 9.71. The van der Waals surface area contributed by atoms with Crippen molar-refractivity contribution in [3.63, 3.8) is 0 Å². The van der Waals surface area contributed by atoms with Gasteiger partial charge < -0.3 is 20.8 Å². The predicted octanol–water partition coefficient (Wildman–Crippen LogP) is 1.26. The Hall–Kier alpha value is -0.910. The van der Waals surface area contributed by atoms with Crippen molar-refractivity contribution >= 4 is 11.8 Å². The molecule has 0 spiro atoms. The summed E-state index contributed by atoms with van der Waals surface area (Å²) in [7, 11) is 0. The van der Waals surface area contributed by atoms with E-state index >= 15 is 0 Å². The second-order valence-electron chi connectivity index (χ2n) is 3.24. The molecule has 0 bridgehead atoms. The molecule has 0 amide bonds. The molecule has 0 aromatic carbocycles. The smallest absolute Gasteiger partial charge is 0.196 e. The topological polar surface area (TPSA) is 69.7 Å². The van der Waals surface area contributed by atoms with Crippen LogP contribution in [-0.2, 0) is 0 Å². The van der Waals surface area contributed by atoms with Gasteiger partial charge in [0.05, 0.1) is 10.7 Å². The number of thioether (sulfide) groups is 1. The van der Waals surface area contributed by atoms with Crippen LogP contribution in [0.3, 0.4) is 0 Å². The first-order valence-electron chi connectivity index (χ1n) is 4.66. The molecule has 4 N–H and O–H groups in total. The summed E-state index contributed by atoms with van der Waals surface area (Å²) in [4.78, 5) is 2.67. The number of nitrogens with two attached hydrogens (primary N) is 1. The molecule has 84 valence electrons. The van der Waals surface area contributed by atoms with E-state index in [1.807, 2.05) is 13.8 Å². The highest BCUT2D eigenvalue weighted by Gasteiger charge is 2.24. The summed E-state index contributed by atoms with van der Waals surface area (Å²) in [5.74, 6) is 0. The number of hydrogen-bond acceptors (Lipinski definition) is 5. The van der Waals surface area contributed by atoms with E-state index in [2.05, 4.69) is 6.58 Å². The van der Waals surface area contributed by atoms with Crippen LogP contribution in [0.2, 0.25) is 0 Å². The fourth-order valence-corrected chi connectivity index (χ4v) is 2.12. The first-order valence-corrected chi connectivity index (χ1v) is 5.48. The van der Waals surface area contributed by atoms with Crippen LogP contribution in [-0.4, -0.2) is 21.4 Å². The third-order valence-corrected chi connectivity index (χ3v) is 2.93. The molecule has 0 saturated carbocycles. The first kappa shape index (κ1) is 12.2. The molecule has 1 aliphatic rings. The number of allylic oxidation sites excluding steroid dienone is 2. The summed E-state index contributed by atoms with van der Waals surface area (Å²) in [5, 5.41) is 19.3. The van der Waals surface area contributed by atoms with Crippen molar-refractivity contribution in [3.8, 4) is 0 Å². The average Bonchev–Trinajstić information content (AvgIpc) is 2.45. The molecule has 15 heavy (non-hydrogen) atoms. The van der Waals surface area contributed by atoms with Crippen LogP contribution in [0.1, 0.15) is 20.3 Å². The highest BCUT2D eigenvalue weighted by Crippen LogP contribution is 2.38. The maximum absolute atomic E-state index is 9.27. The lowest BCUT2D eigenvalue weighted by Crippen LogP contribution is -2.26. The molecule has 1 aliphatic heterocycles. The summed E-state index contributed by atoms with van der Waals surface area (Å²) >= 11 is 1.48. The Morgan fingerprint density at radius 3 is 2.60 bits per heavy atom. The van der Waals surface area contributed by atoms with Gasteiger partial charge in [-0.1, -0.05) is 25.3 Å². The van der Waals surface area contributed by atoms with Crippen LogP contribution < -0.4 is 5.73 Å². The Labute approximate surface area is 93.8 Å². The summed E-state index contributed by atoms with van der Waals surface area (Å²) < 4.78 is 0. The van der Waals surface area contributed by atoms with Crippen LogP contribution in [0.4, 0.5) is 0 Å². The highest BCUT2D eigenvalue weighted by molar-refractivity contribution is 8.06. The normalized spacial score (nSPS) is 18.3. The molecule has 4 nitrogen and oxygen atoms in total. The van der Waals surface area contributed by atoms with Crippen LogP contribution in [0.5, 0.6) is 0 Å². The maximum atomic E-state index is 9.27. The van der Waals surface area contributed by atoms with Gasteiger partial charge in [-0.3, -0.25) is 0 Å². The molecule has 0 saturated heterocycles. The van der Waals surface area contributed by atoms with Crippen molar-refractivity contribution in [2.45, 2.75) is 26.6 Å². The third-order valence-electron chi connectivity index (χ3n) is 2.07. The average molecular weight is 228 g/mol. The van der Waals surface area contributed by atoms with Crippen molar-refractivity contribution in [3.05, 3.63) is 34.1 Å². The summed E-state index contributed by atoms with van der Waals surface area (Å²) in [6.45, 7) is 7.62. The SMILES string of the molecule is C=C1SC(C)=CN1/C(=C(\N)CC)C(O)O. The van der Waals surface area contributed by atoms with Gasteiger partial charge in [0, 0.05) is 16.8 Å². The van der Waals surface area contributed by atoms with Gasteiger partial charge in [0.25, 0.3) is 0 Å². The molecule has 0 unspecified atom stereocenters. The molecule has 0 radical (unpaired) electrons. The molecular weight excluding hydrogens is 212 g/mol. The van der Waals surface area contributed by atoms with E-state index in [1.165, 1.54) is 11.8 Å². The van der Waals surface area contributed by atoms with Crippen LogP contribution in [0.15, 0.2) is 34.1 Å². The largest absolute Gasteiger partial charge is 0.400 e. The van der Waals surface area contributed by atoms with E-state index in [0.717, 1.165) is 9.93 Å². The van der Waals surface area contributed by atoms with E-state index in [4.69, 9.17) is 5.73 Å². The number of nitrogens with zero attached hydrogens (tertiary/aromatic N) is 1. The number of aliphatic hydroxyl groups excluding tert-OH is 1. The number of hydrogen-bond donors (Lipinski definition) is 3. The van der Waals surface area contributed by atoms with Gasteiger partial charge in [0.15, 0.2) is 6.29 Å². The number of aliphatic hydroxyl groups is 2. The predicted molar refractivity (Wildman–Crippen MR) is 62.1 cm³/mol. The Balaban J connectivity index is 3.07. The highest BCUT2D eigenvalue weighted by atomic mass is 32.2. The lowest BCUT2D eigenvalue weighted by atomic mass is 10.2. The maximum Gasteiger partial charge on any atom is 0.196 e. The van der Waals surface area contributed by atoms with Gasteiger partial charge in [0.1, 0.15) is 0 Å². The molecule has 0 aromatic rings. The monoisotopic (exact) mass is 228 g/mol. The van der Waals surface area contributed by atoms with Gasteiger partial charge in [0.2, 0.25) is 0 Å². The van der Waals surface area contributed by atoms with Crippen LogP contribution >= 0.6 is 11.8 Å². The van der Waals surface area contributed by atoms with E-state index < -0.39 is 6.29 Å². The zero-order valence-electron chi connectivity index (χ0n) is 8.90. The van der Waals surface area contributed by atoms with Crippen LogP contribution in [0, 0.1) is 0 Å². The molecule has 5 heteroatoms. The second-order valence-corrected chi connectivity index (χ2v) is 4.56. The molecule has 1 heterocycles. The van der Waals surface area contributed by atoms with Crippen molar-refractivity contribution < 1.29 is 10.2 Å². The fourth-order valence-electron chi connectivity index (χ4n) is 1.35. The molecule has 0 aromatic heterocycles. The minimum Gasteiger partial charge on any atom is -0.400 e. The second kappa shape index (κ2) is 4.74. The van der Waals surface area contributed by atoms with E-state index in [-0.39, 0.29) is 0 Å². The van der Waals surface area contributed by atoms with E-state index in [0.29, 0.717) is 17.8 Å². The molecule has 0 fully saturated rings. The molecule has 0 atom stereocenters. The lowest BCUT2D eigenvalue weighted by molar-refractivity contribution is -0.0218. The Morgan fingerprint density at radius 1 is 1.67 bits per heavy atom. The number of rotatable bonds is 3. The lowest BCUT2D eigenvalue weighted by Gasteiger charge is -2.23. The summed E-state index contributed by atoms with van der Waals surface area (Å²) in [5.41, 5.74) is 6.50. The Bertz CT molecular complexity index is 334. The molecule has 0 aliphatic carbocycles. The minimum absolute atomic E-state index is 0.298. The van der Waals surface area contributed by atoms with Gasteiger partial charge in [-0.25, -0.2) is 0 Å². The van der Waals surface area contributed by atoms with Crippen LogP contribution in [0.25, 0.3) is 0 Å². The van der Waals surface area contributed by atoms with Crippen molar-refractivity contribution in [1.82, 2.24) is 4.90 Å². The third kappa shape index (κ3) is 2.56.